The van der Waals surface area contributed by atoms with Crippen LogP contribution in [0.25, 0.3) is 10.8 Å². The molecule has 0 amide bonds. The first-order valence-electron chi connectivity index (χ1n) is 5.63. The summed E-state index contributed by atoms with van der Waals surface area (Å²) in [6.45, 7) is 1.70. The van der Waals surface area contributed by atoms with Gasteiger partial charge in [0.25, 0.3) is 0 Å². The summed E-state index contributed by atoms with van der Waals surface area (Å²) in [5.74, 6) is 0.838. The second-order valence-corrected chi connectivity index (χ2v) is 4.24. The van der Waals surface area contributed by atoms with Crippen LogP contribution in [0.4, 0.5) is 0 Å². The van der Waals surface area contributed by atoms with Crippen molar-refractivity contribution in [2.24, 2.45) is 5.73 Å². The molecule has 0 unspecified atom stereocenters. The molecule has 18 heavy (non-hydrogen) atoms. The first-order valence-corrected chi connectivity index (χ1v) is 5.63. The molecule has 0 radical (unpaired) electrons. The standard InChI is InChI=1S/C14H17NO2.ClH/c1-9(16)14(15)12-4-3-11-8-13(17-2)6-5-10(11)7-12;/h3-9,14,16H,15H2,1-2H3;1H/t9-,14-;/m1./s1. The zero-order valence-electron chi connectivity index (χ0n) is 10.5. The average Bonchev–Trinajstić information content (AvgIpc) is 2.36. The monoisotopic (exact) mass is 267 g/mol. The van der Waals surface area contributed by atoms with Crippen LogP contribution in [0.2, 0.25) is 0 Å². The van der Waals surface area contributed by atoms with Gasteiger partial charge in [-0.15, -0.1) is 12.4 Å². The molecular formula is C14H18ClNO2. The highest BCUT2D eigenvalue weighted by Crippen LogP contribution is 2.24. The predicted molar refractivity (Wildman–Crippen MR) is 76.4 cm³/mol. The lowest BCUT2D eigenvalue weighted by Crippen LogP contribution is -2.22. The van der Waals surface area contributed by atoms with E-state index in [2.05, 4.69) is 0 Å². The summed E-state index contributed by atoms with van der Waals surface area (Å²) in [5.41, 5.74) is 6.85. The lowest BCUT2D eigenvalue weighted by atomic mass is 9.99. The molecule has 0 saturated heterocycles. The Morgan fingerprint density at radius 3 is 2.33 bits per heavy atom. The highest BCUT2D eigenvalue weighted by Gasteiger charge is 2.12. The molecule has 98 valence electrons. The summed E-state index contributed by atoms with van der Waals surface area (Å²) in [6, 6.07) is 11.5. The third-order valence-electron chi connectivity index (χ3n) is 2.98. The predicted octanol–water partition coefficient (Wildman–Crippen LogP) is 2.65. The van der Waals surface area contributed by atoms with Gasteiger partial charge in [-0.3, -0.25) is 0 Å². The quantitative estimate of drug-likeness (QED) is 0.899. The molecule has 2 rings (SSSR count). The van der Waals surface area contributed by atoms with Crippen LogP contribution < -0.4 is 10.5 Å². The second kappa shape index (κ2) is 6.05. The summed E-state index contributed by atoms with van der Waals surface area (Å²) in [7, 11) is 1.65. The van der Waals surface area contributed by atoms with Gasteiger partial charge in [-0.25, -0.2) is 0 Å². The minimum absolute atomic E-state index is 0. The Morgan fingerprint density at radius 2 is 1.72 bits per heavy atom. The number of ether oxygens (including phenoxy) is 1. The molecule has 3 nitrogen and oxygen atoms in total. The molecule has 0 fully saturated rings. The largest absolute Gasteiger partial charge is 0.497 e. The Hall–Kier alpha value is -1.29. The van der Waals surface area contributed by atoms with Gasteiger partial charge in [-0.05, 0) is 41.5 Å². The fraction of sp³-hybridized carbons (Fsp3) is 0.286. The maximum atomic E-state index is 9.48. The average molecular weight is 268 g/mol. The molecule has 2 atom stereocenters. The van der Waals surface area contributed by atoms with E-state index in [-0.39, 0.29) is 18.4 Å². The number of hydrogen-bond donors (Lipinski definition) is 2. The highest BCUT2D eigenvalue weighted by molar-refractivity contribution is 5.85. The van der Waals surface area contributed by atoms with Gasteiger partial charge in [0.2, 0.25) is 0 Å². The molecule has 0 bridgehead atoms. The molecule has 0 saturated carbocycles. The Bertz CT molecular complexity index is 528. The van der Waals surface area contributed by atoms with Crippen LogP contribution in [0.3, 0.4) is 0 Å². The third-order valence-corrected chi connectivity index (χ3v) is 2.98. The van der Waals surface area contributed by atoms with Crippen molar-refractivity contribution in [3.63, 3.8) is 0 Å². The number of rotatable bonds is 3. The minimum Gasteiger partial charge on any atom is -0.497 e. The molecule has 0 aliphatic heterocycles. The number of aliphatic hydroxyl groups excluding tert-OH is 1. The molecule has 0 heterocycles. The molecule has 2 aromatic carbocycles. The van der Waals surface area contributed by atoms with Crippen LogP contribution in [0.1, 0.15) is 18.5 Å². The summed E-state index contributed by atoms with van der Waals surface area (Å²) >= 11 is 0. The number of methoxy groups -OCH3 is 1. The first-order chi connectivity index (χ1) is 8.11. The molecular weight excluding hydrogens is 250 g/mol. The summed E-state index contributed by atoms with van der Waals surface area (Å²) in [4.78, 5) is 0. The second-order valence-electron chi connectivity index (χ2n) is 4.24. The summed E-state index contributed by atoms with van der Waals surface area (Å²) < 4.78 is 5.17. The van der Waals surface area contributed by atoms with E-state index >= 15 is 0 Å². The Morgan fingerprint density at radius 1 is 1.11 bits per heavy atom. The van der Waals surface area contributed by atoms with E-state index in [4.69, 9.17) is 10.5 Å². The smallest absolute Gasteiger partial charge is 0.119 e. The third kappa shape index (κ3) is 2.93. The number of aliphatic hydroxyl groups is 1. The van der Waals surface area contributed by atoms with Crippen LogP contribution >= 0.6 is 12.4 Å². The minimum atomic E-state index is -0.550. The fourth-order valence-corrected chi connectivity index (χ4v) is 1.86. The fourth-order valence-electron chi connectivity index (χ4n) is 1.86. The topological polar surface area (TPSA) is 55.5 Å². The van der Waals surface area contributed by atoms with Crippen LogP contribution in [0, 0.1) is 0 Å². The van der Waals surface area contributed by atoms with Crippen molar-refractivity contribution in [1.29, 1.82) is 0 Å². The molecule has 2 aromatic rings. The van der Waals surface area contributed by atoms with E-state index in [9.17, 15) is 5.11 Å². The van der Waals surface area contributed by atoms with Gasteiger partial charge in [0.15, 0.2) is 0 Å². The molecule has 3 N–H and O–H groups in total. The van der Waals surface area contributed by atoms with E-state index in [0.29, 0.717) is 0 Å². The first kappa shape index (κ1) is 14.8. The van der Waals surface area contributed by atoms with Gasteiger partial charge in [0, 0.05) is 0 Å². The highest BCUT2D eigenvalue weighted by atomic mass is 35.5. The number of halogens is 1. The Kier molecular flexibility index (Phi) is 4.96. The van der Waals surface area contributed by atoms with E-state index in [1.807, 2.05) is 36.4 Å². The number of nitrogens with two attached hydrogens (primary N) is 1. The van der Waals surface area contributed by atoms with Crippen molar-refractivity contribution >= 4 is 23.2 Å². The van der Waals surface area contributed by atoms with Crippen molar-refractivity contribution in [3.05, 3.63) is 42.0 Å². The van der Waals surface area contributed by atoms with Crippen LogP contribution in [0.15, 0.2) is 36.4 Å². The van der Waals surface area contributed by atoms with Crippen LogP contribution in [-0.2, 0) is 0 Å². The number of benzene rings is 2. The normalized spacial score (nSPS) is 13.8. The summed E-state index contributed by atoms with van der Waals surface area (Å²) in [6.07, 6.45) is -0.550. The van der Waals surface area contributed by atoms with Crippen molar-refractivity contribution in [2.45, 2.75) is 19.1 Å². The lowest BCUT2D eigenvalue weighted by molar-refractivity contribution is 0.164. The molecule has 0 aromatic heterocycles. The maximum Gasteiger partial charge on any atom is 0.119 e. The molecule has 0 aliphatic rings. The van der Waals surface area contributed by atoms with E-state index < -0.39 is 6.10 Å². The van der Waals surface area contributed by atoms with Crippen LogP contribution in [-0.4, -0.2) is 18.3 Å². The molecule has 0 aliphatic carbocycles. The van der Waals surface area contributed by atoms with E-state index in [1.54, 1.807) is 14.0 Å². The number of fused-ring (bicyclic) bond motifs is 1. The van der Waals surface area contributed by atoms with Crippen molar-refractivity contribution in [2.75, 3.05) is 7.11 Å². The van der Waals surface area contributed by atoms with Crippen molar-refractivity contribution in [3.8, 4) is 5.75 Å². The van der Waals surface area contributed by atoms with Gasteiger partial charge >= 0.3 is 0 Å². The molecule has 4 heteroatoms. The van der Waals surface area contributed by atoms with Crippen LogP contribution in [0.5, 0.6) is 5.75 Å². The zero-order chi connectivity index (χ0) is 12.4. The van der Waals surface area contributed by atoms with E-state index in [0.717, 1.165) is 22.1 Å². The van der Waals surface area contributed by atoms with Gasteiger partial charge in [-0.2, -0.15) is 0 Å². The zero-order valence-corrected chi connectivity index (χ0v) is 11.3. The van der Waals surface area contributed by atoms with Gasteiger partial charge < -0.3 is 15.6 Å². The van der Waals surface area contributed by atoms with Gasteiger partial charge in [0.05, 0.1) is 19.3 Å². The van der Waals surface area contributed by atoms with Crippen molar-refractivity contribution < 1.29 is 9.84 Å². The van der Waals surface area contributed by atoms with Gasteiger partial charge in [0.1, 0.15) is 5.75 Å². The number of hydrogen-bond acceptors (Lipinski definition) is 3. The van der Waals surface area contributed by atoms with Gasteiger partial charge in [-0.1, -0.05) is 18.2 Å². The lowest BCUT2D eigenvalue weighted by Gasteiger charge is -2.15. The van der Waals surface area contributed by atoms with E-state index in [1.165, 1.54) is 0 Å². The SMILES string of the molecule is COc1ccc2cc([C@H](N)[C@@H](C)O)ccc2c1.Cl. The maximum absolute atomic E-state index is 9.48. The Balaban J connectivity index is 0.00000162. The Labute approximate surface area is 113 Å². The molecule has 0 spiro atoms. The summed E-state index contributed by atoms with van der Waals surface area (Å²) in [5, 5.41) is 11.7. The van der Waals surface area contributed by atoms with Crippen molar-refractivity contribution in [1.82, 2.24) is 0 Å².